The number of nitrogens with one attached hydrogen (secondary N) is 1. The Labute approximate surface area is 200 Å². The average Bonchev–Trinajstić information content (AvgIpc) is 2.73. The summed E-state index contributed by atoms with van der Waals surface area (Å²) in [5.74, 6) is 0.614. The third-order valence-corrected chi connectivity index (χ3v) is 5.63. The first kappa shape index (κ1) is 25.9. The van der Waals surface area contributed by atoms with E-state index in [0.29, 0.717) is 24.8 Å². The predicted octanol–water partition coefficient (Wildman–Crippen LogP) is 5.31. The van der Waals surface area contributed by atoms with Crippen LogP contribution in [0.1, 0.15) is 52.7 Å². The van der Waals surface area contributed by atoms with E-state index < -0.39 is 6.04 Å². The Bertz CT molecular complexity index is 921. The van der Waals surface area contributed by atoms with Crippen LogP contribution >= 0.6 is 15.9 Å². The van der Waals surface area contributed by atoms with E-state index in [1.165, 1.54) is 0 Å². The Kier molecular flexibility index (Phi) is 9.32. The van der Waals surface area contributed by atoms with E-state index in [-0.39, 0.29) is 23.8 Å². The number of halogens is 1. The number of nitrogens with zero attached hydrogens (tertiary/aromatic N) is 1. The first-order valence-corrected chi connectivity index (χ1v) is 11.8. The van der Waals surface area contributed by atoms with Gasteiger partial charge in [-0.3, -0.25) is 9.59 Å². The zero-order chi connectivity index (χ0) is 23.9. The van der Waals surface area contributed by atoms with Crippen molar-refractivity contribution in [3.8, 4) is 5.75 Å². The second-order valence-electron chi connectivity index (χ2n) is 9.50. The average molecular weight is 503 g/mol. The predicted molar refractivity (Wildman–Crippen MR) is 133 cm³/mol. The Morgan fingerprint density at radius 3 is 2.38 bits per heavy atom. The van der Waals surface area contributed by atoms with Crippen LogP contribution in [0.5, 0.6) is 5.75 Å². The maximum Gasteiger partial charge on any atom is 0.261 e. The molecule has 1 atom stereocenters. The molecule has 0 aromatic heterocycles. The molecule has 6 heteroatoms. The van der Waals surface area contributed by atoms with Crippen LogP contribution in [0.4, 0.5) is 0 Å². The highest BCUT2D eigenvalue weighted by Crippen LogP contribution is 2.31. The summed E-state index contributed by atoms with van der Waals surface area (Å²) in [5.41, 5.74) is 1.86. The summed E-state index contributed by atoms with van der Waals surface area (Å²) in [4.78, 5) is 27.6. The minimum absolute atomic E-state index is 0.111. The zero-order valence-corrected chi connectivity index (χ0v) is 21.5. The molecule has 0 aliphatic carbocycles. The molecule has 0 heterocycles. The van der Waals surface area contributed by atoms with E-state index in [2.05, 4.69) is 42.0 Å². The van der Waals surface area contributed by atoms with Crippen molar-refractivity contribution in [1.29, 1.82) is 0 Å². The van der Waals surface area contributed by atoms with Gasteiger partial charge in [0.2, 0.25) is 5.91 Å². The lowest BCUT2D eigenvalue weighted by Crippen LogP contribution is -2.49. The van der Waals surface area contributed by atoms with Crippen LogP contribution in [0.3, 0.4) is 0 Å². The molecule has 174 valence electrons. The van der Waals surface area contributed by atoms with E-state index >= 15 is 0 Å². The van der Waals surface area contributed by atoms with Crippen molar-refractivity contribution in [3.05, 3.63) is 64.1 Å². The third-order valence-electron chi connectivity index (χ3n) is 5.14. The molecule has 0 radical (unpaired) electrons. The Morgan fingerprint density at radius 1 is 1.06 bits per heavy atom. The molecule has 2 rings (SSSR count). The van der Waals surface area contributed by atoms with Gasteiger partial charge in [0.1, 0.15) is 11.8 Å². The van der Waals surface area contributed by atoms with Crippen LogP contribution in [0, 0.1) is 5.92 Å². The van der Waals surface area contributed by atoms with Crippen molar-refractivity contribution in [2.24, 2.45) is 5.92 Å². The molecule has 0 fully saturated rings. The third kappa shape index (κ3) is 7.66. The number of hydrogen-bond donors (Lipinski definition) is 1. The molecular formula is C26H35BrN2O3. The number of ether oxygens (including phenoxy) is 1. The molecule has 2 amide bonds. The lowest BCUT2D eigenvalue weighted by Gasteiger charge is -2.29. The van der Waals surface area contributed by atoms with E-state index in [1.54, 1.807) is 11.8 Å². The summed E-state index contributed by atoms with van der Waals surface area (Å²) < 4.78 is 6.89. The molecule has 5 nitrogen and oxygen atoms in total. The number of hydrogen-bond acceptors (Lipinski definition) is 3. The van der Waals surface area contributed by atoms with Gasteiger partial charge in [-0.15, -0.1) is 0 Å². The highest BCUT2D eigenvalue weighted by Gasteiger charge is 2.27. The van der Waals surface area contributed by atoms with Crippen molar-refractivity contribution in [1.82, 2.24) is 10.2 Å². The van der Waals surface area contributed by atoms with Crippen molar-refractivity contribution in [3.63, 3.8) is 0 Å². The first-order valence-electron chi connectivity index (χ1n) is 11.0. The molecule has 0 bridgehead atoms. The highest BCUT2D eigenvalue weighted by molar-refractivity contribution is 9.10. The summed E-state index contributed by atoms with van der Waals surface area (Å²) >= 11 is 3.48. The molecule has 0 spiro atoms. The standard InChI is InChI=1S/C26H35BrN2O3/c1-18(2)15-28-25(31)19(3)29(16-20-10-9-11-21(27)14-20)24(30)17-32-23-13-8-7-12-22(23)26(4,5)6/h7-14,18-19H,15-17H2,1-6H3,(H,28,31)/t19-/m1/s1. The fourth-order valence-electron chi connectivity index (χ4n) is 3.30. The van der Waals surface area contributed by atoms with Gasteiger partial charge in [0, 0.05) is 17.6 Å². The zero-order valence-electron chi connectivity index (χ0n) is 19.9. The second-order valence-corrected chi connectivity index (χ2v) is 10.4. The smallest absolute Gasteiger partial charge is 0.261 e. The van der Waals surface area contributed by atoms with E-state index in [9.17, 15) is 9.59 Å². The SMILES string of the molecule is CC(C)CNC(=O)[C@@H](C)N(Cc1cccc(Br)c1)C(=O)COc1ccccc1C(C)(C)C. The summed E-state index contributed by atoms with van der Waals surface area (Å²) in [6, 6.07) is 14.9. The molecule has 0 saturated heterocycles. The lowest BCUT2D eigenvalue weighted by atomic mass is 9.86. The lowest BCUT2D eigenvalue weighted by molar-refractivity contribution is -0.142. The maximum atomic E-state index is 13.3. The number of carbonyl (C=O) groups excluding carboxylic acids is 2. The summed E-state index contributed by atoms with van der Waals surface area (Å²) in [6.07, 6.45) is 0. The minimum Gasteiger partial charge on any atom is -0.483 e. The van der Waals surface area contributed by atoms with Crippen molar-refractivity contribution < 1.29 is 14.3 Å². The number of benzene rings is 2. The second kappa shape index (κ2) is 11.5. The van der Waals surface area contributed by atoms with Crippen molar-refractivity contribution in [2.45, 2.75) is 59.5 Å². The maximum absolute atomic E-state index is 13.3. The summed E-state index contributed by atoms with van der Waals surface area (Å²) in [7, 11) is 0. The van der Waals surface area contributed by atoms with Crippen LogP contribution in [-0.2, 0) is 21.5 Å². The molecule has 0 aliphatic rings. The number of carbonyl (C=O) groups is 2. The normalized spacial score (nSPS) is 12.4. The van der Waals surface area contributed by atoms with Gasteiger partial charge in [0.25, 0.3) is 5.91 Å². The van der Waals surface area contributed by atoms with Crippen molar-refractivity contribution >= 4 is 27.7 Å². The largest absolute Gasteiger partial charge is 0.483 e. The van der Waals surface area contributed by atoms with Crippen LogP contribution in [0.25, 0.3) is 0 Å². The first-order chi connectivity index (χ1) is 15.0. The summed E-state index contributed by atoms with van der Waals surface area (Å²) in [6.45, 7) is 12.9. The number of rotatable bonds is 9. The van der Waals surface area contributed by atoms with Gasteiger partial charge < -0.3 is 15.0 Å². The van der Waals surface area contributed by atoms with Crippen LogP contribution in [-0.4, -0.2) is 35.9 Å². The highest BCUT2D eigenvalue weighted by atomic mass is 79.9. The molecule has 2 aromatic rings. The Balaban J connectivity index is 2.21. The monoisotopic (exact) mass is 502 g/mol. The van der Waals surface area contributed by atoms with E-state index in [4.69, 9.17) is 4.74 Å². The quantitative estimate of drug-likeness (QED) is 0.504. The fourth-order valence-corrected chi connectivity index (χ4v) is 3.75. The van der Waals surface area contributed by atoms with Gasteiger partial charge in [-0.2, -0.15) is 0 Å². The Morgan fingerprint density at radius 2 is 1.75 bits per heavy atom. The van der Waals surface area contributed by atoms with Gasteiger partial charge in [0.15, 0.2) is 6.61 Å². The minimum atomic E-state index is -0.623. The van der Waals surface area contributed by atoms with Gasteiger partial charge in [0.05, 0.1) is 0 Å². The van der Waals surface area contributed by atoms with E-state index in [0.717, 1.165) is 15.6 Å². The number of para-hydroxylation sites is 1. The van der Waals surface area contributed by atoms with E-state index in [1.807, 2.05) is 62.4 Å². The van der Waals surface area contributed by atoms with Gasteiger partial charge in [-0.05, 0) is 47.6 Å². The molecule has 0 unspecified atom stereocenters. The topological polar surface area (TPSA) is 58.6 Å². The van der Waals surface area contributed by atoms with Crippen molar-refractivity contribution in [2.75, 3.05) is 13.2 Å². The van der Waals surface area contributed by atoms with Crippen LogP contribution in [0.15, 0.2) is 53.0 Å². The van der Waals surface area contributed by atoms with Crippen LogP contribution in [0.2, 0.25) is 0 Å². The fraction of sp³-hybridized carbons (Fsp3) is 0.462. The molecule has 0 aliphatic heterocycles. The van der Waals surface area contributed by atoms with Gasteiger partial charge in [-0.1, -0.05) is 80.9 Å². The molecule has 2 aromatic carbocycles. The summed E-state index contributed by atoms with van der Waals surface area (Å²) in [5, 5.41) is 2.93. The number of amides is 2. The van der Waals surface area contributed by atoms with Gasteiger partial charge in [-0.25, -0.2) is 0 Å². The molecule has 1 N–H and O–H groups in total. The van der Waals surface area contributed by atoms with Crippen LogP contribution < -0.4 is 10.1 Å². The Hall–Kier alpha value is -2.34. The molecule has 0 saturated carbocycles. The molecular weight excluding hydrogens is 468 g/mol. The van der Waals surface area contributed by atoms with Gasteiger partial charge >= 0.3 is 0 Å². The molecule has 32 heavy (non-hydrogen) atoms.